The third kappa shape index (κ3) is 2.60. The lowest BCUT2D eigenvalue weighted by Crippen LogP contribution is -1.97. The summed E-state index contributed by atoms with van der Waals surface area (Å²) < 4.78 is 25.3. The average molecular weight is 335 g/mol. The molecule has 13 heavy (non-hydrogen) atoms. The third-order valence-corrected chi connectivity index (χ3v) is 3.12. The third-order valence-electron chi connectivity index (χ3n) is 1.40. The second-order valence-electron chi connectivity index (χ2n) is 2.24. The number of rotatable bonds is 2. The van der Waals surface area contributed by atoms with E-state index in [2.05, 4.69) is 36.8 Å². The molecule has 0 aliphatic rings. The SMILES string of the molecule is FC(F)c1nc(Cl)c(Br)cc1CBr. The Morgan fingerprint density at radius 2 is 2.15 bits per heavy atom. The van der Waals surface area contributed by atoms with Crippen molar-refractivity contribution >= 4 is 43.5 Å². The van der Waals surface area contributed by atoms with Gasteiger partial charge in [0.1, 0.15) is 10.8 Å². The van der Waals surface area contributed by atoms with Crippen LogP contribution in [0.1, 0.15) is 17.7 Å². The van der Waals surface area contributed by atoms with E-state index in [9.17, 15) is 8.78 Å². The van der Waals surface area contributed by atoms with Crippen molar-refractivity contribution in [2.24, 2.45) is 0 Å². The Morgan fingerprint density at radius 3 is 2.62 bits per heavy atom. The van der Waals surface area contributed by atoms with Gasteiger partial charge in [-0.2, -0.15) is 0 Å². The molecule has 0 fully saturated rings. The van der Waals surface area contributed by atoms with Gasteiger partial charge in [0.15, 0.2) is 0 Å². The summed E-state index contributed by atoms with van der Waals surface area (Å²) in [5, 5.41) is 0.384. The molecule has 0 amide bonds. The van der Waals surface area contributed by atoms with Gasteiger partial charge in [0.05, 0.1) is 4.47 Å². The lowest BCUT2D eigenvalue weighted by molar-refractivity contribution is 0.145. The lowest BCUT2D eigenvalue weighted by atomic mass is 10.2. The molecule has 0 aromatic carbocycles. The standard InChI is InChI=1S/C7H4Br2ClF2N/c8-2-3-1-4(9)6(10)13-5(3)7(11)12/h1,7H,2H2. The number of halogens is 5. The maximum atomic E-state index is 12.4. The molecule has 6 heteroatoms. The molecule has 0 radical (unpaired) electrons. The molecular weight excluding hydrogens is 331 g/mol. The minimum Gasteiger partial charge on any atom is -0.234 e. The Kier molecular flexibility index (Phi) is 4.06. The fraction of sp³-hybridized carbons (Fsp3) is 0.286. The van der Waals surface area contributed by atoms with Crippen molar-refractivity contribution in [3.8, 4) is 0 Å². The van der Waals surface area contributed by atoms with Crippen molar-refractivity contribution in [1.82, 2.24) is 4.98 Å². The van der Waals surface area contributed by atoms with Crippen LogP contribution >= 0.6 is 43.5 Å². The molecule has 0 aliphatic heterocycles. The highest BCUT2D eigenvalue weighted by molar-refractivity contribution is 9.10. The van der Waals surface area contributed by atoms with Crippen LogP contribution < -0.4 is 0 Å². The highest BCUT2D eigenvalue weighted by atomic mass is 79.9. The van der Waals surface area contributed by atoms with Gasteiger partial charge in [0, 0.05) is 5.33 Å². The van der Waals surface area contributed by atoms with E-state index in [4.69, 9.17) is 11.6 Å². The van der Waals surface area contributed by atoms with E-state index in [1.54, 1.807) is 0 Å². The number of pyridine rings is 1. The normalized spacial score (nSPS) is 10.9. The summed E-state index contributed by atoms with van der Waals surface area (Å²) in [6, 6.07) is 1.53. The summed E-state index contributed by atoms with van der Waals surface area (Å²) in [6.07, 6.45) is -2.60. The van der Waals surface area contributed by atoms with Gasteiger partial charge in [0.25, 0.3) is 6.43 Å². The molecule has 0 saturated carbocycles. The van der Waals surface area contributed by atoms with E-state index in [0.717, 1.165) is 0 Å². The zero-order valence-corrected chi connectivity index (χ0v) is 10.1. The molecule has 1 heterocycles. The van der Waals surface area contributed by atoms with Crippen molar-refractivity contribution in [1.29, 1.82) is 0 Å². The Hall–Kier alpha value is 0.260. The minimum atomic E-state index is -2.60. The van der Waals surface area contributed by atoms with Gasteiger partial charge < -0.3 is 0 Å². The topological polar surface area (TPSA) is 12.9 Å². The van der Waals surface area contributed by atoms with Crippen LogP contribution in [0, 0.1) is 0 Å². The Bertz CT molecular complexity index is 320. The first-order valence-corrected chi connectivity index (χ1v) is 5.54. The largest absolute Gasteiger partial charge is 0.280 e. The van der Waals surface area contributed by atoms with Gasteiger partial charge in [-0.25, -0.2) is 13.8 Å². The van der Waals surface area contributed by atoms with E-state index < -0.39 is 6.43 Å². The summed E-state index contributed by atoms with van der Waals surface area (Å²) >= 11 is 11.8. The smallest absolute Gasteiger partial charge is 0.234 e. The maximum Gasteiger partial charge on any atom is 0.280 e. The summed E-state index contributed by atoms with van der Waals surface area (Å²) in [5.41, 5.74) is 0.163. The van der Waals surface area contributed by atoms with Crippen molar-refractivity contribution < 1.29 is 8.78 Å². The van der Waals surface area contributed by atoms with Crippen LogP contribution in [0.25, 0.3) is 0 Å². The second-order valence-corrected chi connectivity index (χ2v) is 4.01. The van der Waals surface area contributed by atoms with E-state index in [1.807, 2.05) is 0 Å². The molecule has 1 nitrogen and oxygen atoms in total. The zero-order valence-electron chi connectivity index (χ0n) is 6.20. The summed E-state index contributed by atoms with van der Waals surface area (Å²) in [4.78, 5) is 3.58. The molecule has 0 aliphatic carbocycles. The van der Waals surface area contributed by atoms with Gasteiger partial charge in [-0.1, -0.05) is 27.5 Å². The van der Waals surface area contributed by atoms with Gasteiger partial charge in [-0.15, -0.1) is 0 Å². The van der Waals surface area contributed by atoms with E-state index in [1.165, 1.54) is 6.07 Å². The summed E-state index contributed by atoms with van der Waals surface area (Å²) in [5.74, 6) is 0. The minimum absolute atomic E-state index is 0.0556. The summed E-state index contributed by atoms with van der Waals surface area (Å²) in [6.45, 7) is 0. The molecule has 0 unspecified atom stereocenters. The highest BCUT2D eigenvalue weighted by Crippen LogP contribution is 2.29. The van der Waals surface area contributed by atoms with Gasteiger partial charge in [-0.3, -0.25) is 0 Å². The van der Waals surface area contributed by atoms with E-state index in [0.29, 0.717) is 15.4 Å². The summed E-state index contributed by atoms with van der Waals surface area (Å²) in [7, 11) is 0. The number of nitrogens with zero attached hydrogens (tertiary/aromatic N) is 1. The van der Waals surface area contributed by atoms with Crippen molar-refractivity contribution in [2.45, 2.75) is 11.8 Å². The van der Waals surface area contributed by atoms with Crippen LogP contribution in [0.5, 0.6) is 0 Å². The van der Waals surface area contributed by atoms with Crippen molar-refractivity contribution in [3.63, 3.8) is 0 Å². The molecule has 0 spiro atoms. The molecular formula is C7H4Br2ClF2N. The van der Waals surface area contributed by atoms with Gasteiger partial charge >= 0.3 is 0 Å². The van der Waals surface area contributed by atoms with Crippen LogP contribution in [0.15, 0.2) is 10.5 Å². The zero-order chi connectivity index (χ0) is 10.0. The predicted octanol–water partition coefficient (Wildman–Crippen LogP) is 4.33. The van der Waals surface area contributed by atoms with Gasteiger partial charge in [-0.05, 0) is 27.6 Å². The molecule has 0 N–H and O–H groups in total. The van der Waals surface area contributed by atoms with Crippen LogP contribution in [0.2, 0.25) is 5.15 Å². The monoisotopic (exact) mass is 333 g/mol. The fourth-order valence-electron chi connectivity index (χ4n) is 0.813. The molecule has 0 atom stereocenters. The molecule has 0 bridgehead atoms. The Balaban J connectivity index is 3.25. The van der Waals surface area contributed by atoms with Crippen LogP contribution in [-0.2, 0) is 5.33 Å². The first-order valence-electron chi connectivity index (χ1n) is 3.25. The molecule has 72 valence electrons. The van der Waals surface area contributed by atoms with Crippen LogP contribution in [0.4, 0.5) is 8.78 Å². The first kappa shape index (κ1) is 11.3. The number of hydrogen-bond donors (Lipinski definition) is 0. The predicted molar refractivity (Wildman–Crippen MR) is 54.5 cm³/mol. The molecule has 1 aromatic heterocycles. The highest BCUT2D eigenvalue weighted by Gasteiger charge is 2.16. The fourth-order valence-corrected chi connectivity index (χ4v) is 1.77. The Morgan fingerprint density at radius 1 is 1.54 bits per heavy atom. The Labute approximate surface area is 95.8 Å². The van der Waals surface area contributed by atoms with Crippen LogP contribution in [0.3, 0.4) is 0 Å². The van der Waals surface area contributed by atoms with E-state index >= 15 is 0 Å². The first-order chi connectivity index (χ1) is 6.06. The van der Waals surface area contributed by atoms with E-state index in [-0.39, 0.29) is 10.8 Å². The lowest BCUT2D eigenvalue weighted by Gasteiger charge is -2.06. The maximum absolute atomic E-state index is 12.4. The number of alkyl halides is 3. The van der Waals surface area contributed by atoms with Gasteiger partial charge in [0.2, 0.25) is 0 Å². The molecule has 1 rings (SSSR count). The number of aromatic nitrogens is 1. The second kappa shape index (κ2) is 4.66. The van der Waals surface area contributed by atoms with Crippen molar-refractivity contribution in [3.05, 3.63) is 26.9 Å². The van der Waals surface area contributed by atoms with Crippen LogP contribution in [-0.4, -0.2) is 4.98 Å². The molecule has 1 aromatic rings. The number of hydrogen-bond acceptors (Lipinski definition) is 1. The average Bonchev–Trinajstić information content (AvgIpc) is 2.08. The van der Waals surface area contributed by atoms with Crippen molar-refractivity contribution in [2.75, 3.05) is 0 Å². The molecule has 0 saturated heterocycles. The quantitative estimate of drug-likeness (QED) is 0.579.